The lowest BCUT2D eigenvalue weighted by atomic mass is 10.1. The summed E-state index contributed by atoms with van der Waals surface area (Å²) in [6, 6.07) is 11.5. The third-order valence-electron chi connectivity index (χ3n) is 3.89. The van der Waals surface area contributed by atoms with Crippen LogP contribution in [0.2, 0.25) is 10.0 Å². The largest absolute Gasteiger partial charge is 0.477 e. The zero-order chi connectivity index (χ0) is 19.6. The van der Waals surface area contributed by atoms with Gasteiger partial charge in [0.1, 0.15) is 17.9 Å². The van der Waals surface area contributed by atoms with Gasteiger partial charge in [-0.15, -0.1) is 0 Å². The van der Waals surface area contributed by atoms with E-state index >= 15 is 0 Å². The van der Waals surface area contributed by atoms with E-state index in [9.17, 15) is 9.59 Å². The molecule has 1 unspecified atom stereocenters. The Bertz CT molecular complexity index is 1060. The molecule has 1 aromatic heterocycles. The summed E-state index contributed by atoms with van der Waals surface area (Å²) in [5.74, 6) is -0.263. The van der Waals surface area contributed by atoms with Crippen LogP contribution in [-0.2, 0) is 16.1 Å². The van der Waals surface area contributed by atoms with Crippen LogP contribution in [0.15, 0.2) is 51.7 Å². The molecule has 27 heavy (non-hydrogen) atoms. The standard InChI is InChI=1S/C20H16Cl2O5/c1-11-3-5-15-13(8-19(23)27-18(15)7-11)10-25-20(24)12(2)26-17-6-4-14(21)9-16(17)22/h3-9,12H,10H2,1-2H3. The van der Waals surface area contributed by atoms with E-state index in [-0.39, 0.29) is 6.61 Å². The Balaban J connectivity index is 1.72. The number of hydrogen-bond acceptors (Lipinski definition) is 5. The molecule has 5 nitrogen and oxygen atoms in total. The molecule has 0 aliphatic carbocycles. The van der Waals surface area contributed by atoms with Crippen molar-refractivity contribution >= 4 is 40.1 Å². The molecular weight excluding hydrogens is 391 g/mol. The molecule has 0 spiro atoms. The second-order valence-electron chi connectivity index (χ2n) is 6.03. The maximum Gasteiger partial charge on any atom is 0.347 e. The second-order valence-corrected chi connectivity index (χ2v) is 6.88. The monoisotopic (exact) mass is 406 g/mol. The van der Waals surface area contributed by atoms with Gasteiger partial charge >= 0.3 is 11.6 Å². The summed E-state index contributed by atoms with van der Waals surface area (Å²) >= 11 is 11.9. The normalized spacial score (nSPS) is 12.0. The lowest BCUT2D eigenvalue weighted by Crippen LogP contribution is -2.26. The summed E-state index contributed by atoms with van der Waals surface area (Å²) < 4.78 is 16.0. The Morgan fingerprint density at radius 3 is 2.67 bits per heavy atom. The van der Waals surface area contributed by atoms with Crippen molar-refractivity contribution in [3.63, 3.8) is 0 Å². The van der Waals surface area contributed by atoms with Crippen molar-refractivity contribution in [3.05, 3.63) is 74.1 Å². The predicted molar refractivity (Wildman–Crippen MR) is 104 cm³/mol. The molecule has 1 heterocycles. The van der Waals surface area contributed by atoms with E-state index < -0.39 is 17.7 Å². The summed E-state index contributed by atoms with van der Waals surface area (Å²) in [5, 5.41) is 1.47. The summed E-state index contributed by atoms with van der Waals surface area (Å²) in [5.41, 5.74) is 1.47. The molecule has 0 N–H and O–H groups in total. The highest BCUT2D eigenvalue weighted by Gasteiger charge is 2.19. The lowest BCUT2D eigenvalue weighted by Gasteiger charge is -2.15. The fourth-order valence-corrected chi connectivity index (χ4v) is 2.99. The summed E-state index contributed by atoms with van der Waals surface area (Å²) in [6.45, 7) is 3.37. The molecule has 0 amide bonds. The molecule has 2 aromatic carbocycles. The Kier molecular flexibility index (Phi) is 5.73. The number of esters is 1. The van der Waals surface area contributed by atoms with Gasteiger partial charge < -0.3 is 13.9 Å². The molecule has 0 aliphatic heterocycles. The fraction of sp³-hybridized carbons (Fsp3) is 0.200. The van der Waals surface area contributed by atoms with E-state index in [0.29, 0.717) is 32.3 Å². The van der Waals surface area contributed by atoms with Gasteiger partial charge in [0.25, 0.3) is 0 Å². The van der Waals surface area contributed by atoms with Gasteiger partial charge in [-0.3, -0.25) is 0 Å². The second kappa shape index (κ2) is 8.03. The molecule has 7 heteroatoms. The molecular formula is C20H16Cl2O5. The van der Waals surface area contributed by atoms with E-state index in [1.165, 1.54) is 12.1 Å². The maximum atomic E-state index is 12.3. The summed E-state index contributed by atoms with van der Waals surface area (Å²) in [4.78, 5) is 24.0. The number of halogens is 2. The van der Waals surface area contributed by atoms with Crippen LogP contribution in [0.4, 0.5) is 0 Å². The number of hydrogen-bond donors (Lipinski definition) is 0. The number of rotatable bonds is 5. The Morgan fingerprint density at radius 1 is 1.15 bits per heavy atom. The third-order valence-corrected chi connectivity index (χ3v) is 4.42. The van der Waals surface area contributed by atoms with Crippen LogP contribution in [0.3, 0.4) is 0 Å². The summed E-state index contributed by atoms with van der Waals surface area (Å²) in [7, 11) is 0. The third kappa shape index (κ3) is 4.62. The topological polar surface area (TPSA) is 65.7 Å². The summed E-state index contributed by atoms with van der Waals surface area (Å²) in [6.07, 6.45) is -0.891. The molecule has 0 radical (unpaired) electrons. The van der Waals surface area contributed by atoms with Gasteiger partial charge in [-0.25, -0.2) is 9.59 Å². The highest BCUT2D eigenvalue weighted by Crippen LogP contribution is 2.28. The lowest BCUT2D eigenvalue weighted by molar-refractivity contribution is -0.152. The van der Waals surface area contributed by atoms with Crippen LogP contribution in [0.1, 0.15) is 18.1 Å². The van der Waals surface area contributed by atoms with Crippen molar-refractivity contribution in [1.29, 1.82) is 0 Å². The first kappa shape index (κ1) is 19.3. The molecule has 3 rings (SSSR count). The van der Waals surface area contributed by atoms with Crippen molar-refractivity contribution in [1.82, 2.24) is 0 Å². The van der Waals surface area contributed by atoms with Gasteiger partial charge in [0.15, 0.2) is 6.10 Å². The van der Waals surface area contributed by atoms with E-state index in [1.54, 1.807) is 25.1 Å². The molecule has 0 saturated heterocycles. The fourth-order valence-electron chi connectivity index (χ4n) is 2.53. The van der Waals surface area contributed by atoms with Crippen molar-refractivity contribution in [2.45, 2.75) is 26.6 Å². The molecule has 140 valence electrons. The Morgan fingerprint density at radius 2 is 1.93 bits per heavy atom. The van der Waals surface area contributed by atoms with Crippen molar-refractivity contribution in [2.75, 3.05) is 0 Å². The minimum atomic E-state index is -0.891. The minimum Gasteiger partial charge on any atom is -0.477 e. The van der Waals surface area contributed by atoms with E-state index in [2.05, 4.69) is 0 Å². The molecule has 0 saturated carbocycles. The molecule has 0 bridgehead atoms. The number of benzene rings is 2. The van der Waals surface area contributed by atoms with Crippen LogP contribution >= 0.6 is 23.2 Å². The smallest absolute Gasteiger partial charge is 0.347 e. The van der Waals surface area contributed by atoms with E-state index in [4.69, 9.17) is 37.1 Å². The minimum absolute atomic E-state index is 0.0773. The zero-order valence-electron chi connectivity index (χ0n) is 14.6. The number of ether oxygens (including phenoxy) is 2. The zero-order valence-corrected chi connectivity index (χ0v) is 16.1. The van der Waals surface area contributed by atoms with E-state index in [1.807, 2.05) is 19.1 Å². The van der Waals surface area contributed by atoms with Crippen LogP contribution in [0, 0.1) is 6.92 Å². The van der Waals surface area contributed by atoms with Crippen LogP contribution < -0.4 is 10.4 Å². The number of aryl methyl sites for hydroxylation is 1. The van der Waals surface area contributed by atoms with Gasteiger partial charge in [0.2, 0.25) is 0 Å². The number of fused-ring (bicyclic) bond motifs is 1. The van der Waals surface area contributed by atoms with Crippen LogP contribution in [0.5, 0.6) is 5.75 Å². The highest BCUT2D eigenvalue weighted by atomic mass is 35.5. The Labute approximate surface area is 165 Å². The first-order chi connectivity index (χ1) is 12.8. The maximum absolute atomic E-state index is 12.3. The van der Waals surface area contributed by atoms with Gasteiger partial charge in [0, 0.05) is 22.0 Å². The van der Waals surface area contributed by atoms with E-state index in [0.717, 1.165) is 5.56 Å². The van der Waals surface area contributed by atoms with Gasteiger partial charge in [0.05, 0.1) is 5.02 Å². The van der Waals surface area contributed by atoms with Crippen LogP contribution in [0.25, 0.3) is 11.0 Å². The van der Waals surface area contributed by atoms with Crippen molar-refractivity contribution in [2.24, 2.45) is 0 Å². The first-order valence-electron chi connectivity index (χ1n) is 8.15. The van der Waals surface area contributed by atoms with Gasteiger partial charge in [-0.05, 0) is 43.7 Å². The number of carbonyl (C=O) groups excluding carboxylic acids is 1. The first-order valence-corrected chi connectivity index (χ1v) is 8.91. The predicted octanol–water partition coefficient (Wildman–Crippen LogP) is 4.92. The average molecular weight is 407 g/mol. The van der Waals surface area contributed by atoms with Crippen molar-refractivity contribution in [3.8, 4) is 5.75 Å². The highest BCUT2D eigenvalue weighted by molar-refractivity contribution is 6.35. The Hall–Kier alpha value is -2.50. The van der Waals surface area contributed by atoms with Crippen LogP contribution in [-0.4, -0.2) is 12.1 Å². The number of carbonyl (C=O) groups is 1. The van der Waals surface area contributed by atoms with Crippen molar-refractivity contribution < 1.29 is 18.7 Å². The molecule has 0 aliphatic rings. The molecule has 1 atom stereocenters. The average Bonchev–Trinajstić information content (AvgIpc) is 2.61. The molecule has 0 fully saturated rings. The van der Waals surface area contributed by atoms with Gasteiger partial charge in [-0.2, -0.15) is 0 Å². The quantitative estimate of drug-likeness (QED) is 0.444. The van der Waals surface area contributed by atoms with Gasteiger partial charge in [-0.1, -0.05) is 35.3 Å². The SMILES string of the molecule is Cc1ccc2c(COC(=O)C(C)Oc3ccc(Cl)cc3Cl)cc(=O)oc2c1. The molecule has 3 aromatic rings.